The lowest BCUT2D eigenvalue weighted by Gasteiger charge is -2.31. The first-order chi connectivity index (χ1) is 12.6. The first kappa shape index (κ1) is 16.8. The summed E-state index contributed by atoms with van der Waals surface area (Å²) in [5, 5.41) is 3.41. The quantitative estimate of drug-likeness (QED) is 0.698. The van der Waals surface area contributed by atoms with Gasteiger partial charge in [0.25, 0.3) is 5.56 Å². The van der Waals surface area contributed by atoms with Gasteiger partial charge in [-0.1, -0.05) is 48.5 Å². The molecule has 0 unspecified atom stereocenters. The molecule has 0 aliphatic carbocycles. The number of benzene rings is 2. The van der Waals surface area contributed by atoms with Gasteiger partial charge in [-0.15, -0.1) is 0 Å². The van der Waals surface area contributed by atoms with E-state index in [0.29, 0.717) is 23.5 Å². The molecular weight excluding hydrogens is 344 g/mol. The van der Waals surface area contributed by atoms with Gasteiger partial charge in [-0.2, -0.15) is 0 Å². The number of aromatic amines is 1. The van der Waals surface area contributed by atoms with Crippen LogP contribution in [-0.2, 0) is 13.1 Å². The second kappa shape index (κ2) is 6.90. The van der Waals surface area contributed by atoms with E-state index in [1.165, 1.54) is 5.56 Å². The van der Waals surface area contributed by atoms with Gasteiger partial charge >= 0.3 is 0 Å². The van der Waals surface area contributed by atoms with E-state index >= 15 is 0 Å². The molecule has 1 aliphatic heterocycles. The van der Waals surface area contributed by atoms with Gasteiger partial charge in [-0.3, -0.25) is 19.2 Å². The molecule has 0 spiro atoms. The van der Waals surface area contributed by atoms with Crippen LogP contribution in [0, 0.1) is 11.7 Å². The Hall–Kier alpha value is -2.70. The van der Waals surface area contributed by atoms with Crippen molar-refractivity contribution >= 4 is 18.0 Å². The van der Waals surface area contributed by atoms with Gasteiger partial charge < -0.3 is 5.32 Å². The van der Waals surface area contributed by atoms with Crippen LogP contribution >= 0.6 is 12.2 Å². The first-order valence-corrected chi connectivity index (χ1v) is 8.98. The van der Waals surface area contributed by atoms with Crippen LogP contribution in [0.3, 0.4) is 0 Å². The van der Waals surface area contributed by atoms with Gasteiger partial charge in [0.05, 0.1) is 17.9 Å². The molecule has 2 heterocycles. The Morgan fingerprint density at radius 2 is 1.81 bits per heavy atom. The molecule has 1 aromatic heterocycles. The first-order valence-electron chi connectivity index (χ1n) is 8.58. The molecule has 2 N–H and O–H groups in total. The van der Waals surface area contributed by atoms with Crippen LogP contribution in [0.1, 0.15) is 16.7 Å². The number of aromatic nitrogens is 2. The Kier molecular flexibility index (Phi) is 4.44. The normalized spacial score (nSPS) is 13.9. The van der Waals surface area contributed by atoms with Crippen molar-refractivity contribution in [2.75, 3.05) is 12.0 Å². The summed E-state index contributed by atoms with van der Waals surface area (Å²) in [4.78, 5) is 17.6. The number of anilines is 1. The van der Waals surface area contributed by atoms with Gasteiger partial charge in [0, 0.05) is 13.1 Å². The lowest BCUT2D eigenvalue weighted by Crippen LogP contribution is -2.38. The van der Waals surface area contributed by atoms with Crippen molar-refractivity contribution in [3.8, 4) is 5.69 Å². The Balaban J connectivity index is 1.74. The fourth-order valence-corrected chi connectivity index (χ4v) is 3.65. The second-order valence-electron chi connectivity index (χ2n) is 6.52. The van der Waals surface area contributed by atoms with Crippen LogP contribution in [0.2, 0.25) is 0 Å². The molecule has 0 fully saturated rings. The fraction of sp³-hybridized carbons (Fsp3) is 0.200. The predicted molar refractivity (Wildman–Crippen MR) is 106 cm³/mol. The molecule has 2 aromatic carbocycles. The number of nitrogens with one attached hydrogen (secondary N) is 2. The molecule has 0 radical (unpaired) electrons. The molecule has 6 heteroatoms. The Bertz CT molecular complexity index is 1060. The van der Waals surface area contributed by atoms with Crippen LogP contribution in [0.4, 0.5) is 5.82 Å². The standard InChI is InChI=1S/C20H20N4OS/c1-14-7-5-6-10-17(14)24-18-16(19(25)22-20(24)26)12-23(13-21-18)11-15-8-3-2-4-9-15/h2-10,21H,11-13H2,1H3,(H,22,25,26). The molecule has 26 heavy (non-hydrogen) atoms. The zero-order chi connectivity index (χ0) is 18.1. The minimum atomic E-state index is -0.125. The number of aryl methyl sites for hydroxylation is 1. The Labute approximate surface area is 156 Å². The average molecular weight is 364 g/mol. The number of nitrogens with zero attached hydrogens (tertiary/aromatic N) is 2. The van der Waals surface area contributed by atoms with E-state index in [1.54, 1.807) is 0 Å². The van der Waals surface area contributed by atoms with Gasteiger partial charge in [0.2, 0.25) is 0 Å². The van der Waals surface area contributed by atoms with Crippen molar-refractivity contribution in [1.82, 2.24) is 14.5 Å². The lowest BCUT2D eigenvalue weighted by molar-refractivity contribution is 0.264. The maximum atomic E-state index is 12.5. The van der Waals surface area contributed by atoms with Crippen LogP contribution in [0.5, 0.6) is 0 Å². The van der Waals surface area contributed by atoms with E-state index in [9.17, 15) is 4.79 Å². The highest BCUT2D eigenvalue weighted by molar-refractivity contribution is 7.71. The van der Waals surface area contributed by atoms with Gasteiger partial charge in [0.15, 0.2) is 4.77 Å². The van der Waals surface area contributed by atoms with Gasteiger partial charge in [-0.05, 0) is 36.3 Å². The number of hydrogen-bond donors (Lipinski definition) is 2. The van der Waals surface area contributed by atoms with Crippen LogP contribution in [0.15, 0.2) is 59.4 Å². The smallest absolute Gasteiger partial charge is 0.258 e. The van der Waals surface area contributed by atoms with E-state index in [0.717, 1.165) is 23.6 Å². The van der Waals surface area contributed by atoms with Gasteiger partial charge in [0.1, 0.15) is 5.82 Å². The summed E-state index contributed by atoms with van der Waals surface area (Å²) in [5.41, 5.74) is 3.89. The predicted octanol–water partition coefficient (Wildman–Crippen LogP) is 3.59. The summed E-state index contributed by atoms with van der Waals surface area (Å²) in [6.07, 6.45) is 0. The van der Waals surface area contributed by atoms with E-state index in [4.69, 9.17) is 12.2 Å². The van der Waals surface area contributed by atoms with Crippen molar-refractivity contribution in [1.29, 1.82) is 0 Å². The van der Waals surface area contributed by atoms with E-state index in [2.05, 4.69) is 27.3 Å². The van der Waals surface area contributed by atoms with Gasteiger partial charge in [-0.25, -0.2) is 0 Å². The highest BCUT2D eigenvalue weighted by Gasteiger charge is 2.23. The molecule has 5 nitrogen and oxygen atoms in total. The fourth-order valence-electron chi connectivity index (χ4n) is 3.37. The molecule has 1 aliphatic rings. The van der Waals surface area contributed by atoms with Crippen LogP contribution in [-0.4, -0.2) is 21.1 Å². The van der Waals surface area contributed by atoms with Crippen molar-refractivity contribution < 1.29 is 0 Å². The zero-order valence-electron chi connectivity index (χ0n) is 14.5. The Morgan fingerprint density at radius 1 is 1.08 bits per heavy atom. The van der Waals surface area contributed by atoms with Crippen molar-refractivity contribution in [2.24, 2.45) is 0 Å². The van der Waals surface area contributed by atoms with E-state index < -0.39 is 0 Å². The lowest BCUT2D eigenvalue weighted by atomic mass is 10.1. The average Bonchev–Trinajstić information content (AvgIpc) is 2.64. The summed E-state index contributed by atoms with van der Waals surface area (Å²) in [6, 6.07) is 18.3. The second-order valence-corrected chi connectivity index (χ2v) is 6.90. The summed E-state index contributed by atoms with van der Waals surface area (Å²) in [5.74, 6) is 0.789. The van der Waals surface area contributed by atoms with Crippen LogP contribution in [0.25, 0.3) is 5.69 Å². The van der Waals surface area contributed by atoms with Crippen molar-refractivity contribution in [2.45, 2.75) is 20.0 Å². The maximum absolute atomic E-state index is 12.5. The largest absolute Gasteiger partial charge is 0.358 e. The minimum Gasteiger partial charge on any atom is -0.358 e. The van der Waals surface area contributed by atoms with E-state index in [-0.39, 0.29) is 5.56 Å². The summed E-state index contributed by atoms with van der Waals surface area (Å²) in [7, 11) is 0. The minimum absolute atomic E-state index is 0.125. The number of hydrogen-bond acceptors (Lipinski definition) is 4. The van der Waals surface area contributed by atoms with Crippen molar-refractivity contribution in [3.63, 3.8) is 0 Å². The maximum Gasteiger partial charge on any atom is 0.258 e. The monoisotopic (exact) mass is 364 g/mol. The third-order valence-corrected chi connectivity index (χ3v) is 4.95. The number of H-pyrrole nitrogens is 1. The molecule has 0 amide bonds. The number of rotatable bonds is 3. The molecule has 4 rings (SSSR count). The molecule has 0 saturated carbocycles. The highest BCUT2D eigenvalue weighted by Crippen LogP contribution is 2.25. The molecule has 0 saturated heterocycles. The topological polar surface area (TPSA) is 53.1 Å². The summed E-state index contributed by atoms with van der Waals surface area (Å²) < 4.78 is 2.34. The molecule has 0 atom stereocenters. The van der Waals surface area contributed by atoms with E-state index in [1.807, 2.05) is 54.0 Å². The summed E-state index contributed by atoms with van der Waals surface area (Å²) >= 11 is 5.45. The third kappa shape index (κ3) is 3.09. The molecule has 132 valence electrons. The number of fused-ring (bicyclic) bond motifs is 1. The zero-order valence-corrected chi connectivity index (χ0v) is 15.3. The number of para-hydroxylation sites is 1. The SMILES string of the molecule is Cc1ccccc1-n1c2c(c(=O)[nH]c1=S)CN(Cc1ccccc1)CN2. The van der Waals surface area contributed by atoms with Crippen LogP contribution < -0.4 is 10.9 Å². The third-order valence-electron chi connectivity index (χ3n) is 4.66. The Morgan fingerprint density at radius 3 is 2.58 bits per heavy atom. The molecule has 3 aromatic rings. The molecular formula is C20H20N4OS. The highest BCUT2D eigenvalue weighted by atomic mass is 32.1. The molecule has 0 bridgehead atoms. The summed E-state index contributed by atoms with van der Waals surface area (Å²) in [6.45, 7) is 4.06. The van der Waals surface area contributed by atoms with Crippen molar-refractivity contribution in [3.05, 3.63) is 86.4 Å².